The third-order valence-corrected chi connectivity index (χ3v) is 5.22. The lowest BCUT2D eigenvalue weighted by atomic mass is 10.1. The Morgan fingerprint density at radius 1 is 1.24 bits per heavy atom. The van der Waals surface area contributed by atoms with E-state index in [1.807, 2.05) is 42.1 Å². The zero-order valence-electron chi connectivity index (χ0n) is 15.9. The molecule has 0 saturated carbocycles. The van der Waals surface area contributed by atoms with Crippen molar-refractivity contribution < 1.29 is 13.9 Å². The van der Waals surface area contributed by atoms with Crippen LogP contribution in [0.15, 0.2) is 48.5 Å². The van der Waals surface area contributed by atoms with Gasteiger partial charge in [0.25, 0.3) is 0 Å². The summed E-state index contributed by atoms with van der Waals surface area (Å²) < 4.78 is 21.8. The predicted octanol–water partition coefficient (Wildman–Crippen LogP) is 4.38. The van der Waals surface area contributed by atoms with Gasteiger partial charge in [-0.3, -0.25) is 4.68 Å². The molecule has 1 aliphatic rings. The summed E-state index contributed by atoms with van der Waals surface area (Å²) in [4.78, 5) is 14.3. The van der Waals surface area contributed by atoms with Crippen LogP contribution < -0.4 is 10.1 Å². The van der Waals surface area contributed by atoms with E-state index in [1.54, 1.807) is 11.0 Å². The highest BCUT2D eigenvalue weighted by molar-refractivity contribution is 6.31. The molecule has 0 atom stereocenters. The molecule has 29 heavy (non-hydrogen) atoms. The van der Waals surface area contributed by atoms with Crippen LogP contribution in [0, 0.1) is 5.82 Å². The molecular formula is C21H20ClFN4O2. The number of rotatable bonds is 4. The van der Waals surface area contributed by atoms with Gasteiger partial charge in [0.05, 0.1) is 17.3 Å². The number of ether oxygens (including phenoxy) is 1. The van der Waals surface area contributed by atoms with E-state index in [9.17, 15) is 9.18 Å². The Labute approximate surface area is 172 Å². The fraction of sp³-hybridized carbons (Fsp3) is 0.238. The van der Waals surface area contributed by atoms with Gasteiger partial charge in [0.1, 0.15) is 18.1 Å². The molecule has 0 unspecified atom stereocenters. The minimum Gasteiger partial charge on any atom is -0.487 e. The standard InChI is InChI=1S/C21H20ClFN4O2/c1-26-19-10-11-27(21(28)24-17-9-5-8-16(22)20(17)23)12-15(19)18(25-26)13-29-14-6-3-2-4-7-14/h2-9H,10-13H2,1H3,(H,24,28). The van der Waals surface area contributed by atoms with Crippen LogP contribution in [0.4, 0.5) is 14.9 Å². The molecule has 0 bridgehead atoms. The first-order chi connectivity index (χ1) is 14.0. The van der Waals surface area contributed by atoms with Crippen molar-refractivity contribution in [1.29, 1.82) is 0 Å². The zero-order valence-corrected chi connectivity index (χ0v) is 16.6. The number of halogens is 2. The number of nitrogens with one attached hydrogen (secondary N) is 1. The monoisotopic (exact) mass is 414 g/mol. The number of aryl methyl sites for hydroxylation is 1. The van der Waals surface area contributed by atoms with Crippen LogP contribution in [0.1, 0.15) is 17.0 Å². The average Bonchev–Trinajstić information content (AvgIpc) is 3.05. The Kier molecular flexibility index (Phi) is 5.40. The highest BCUT2D eigenvalue weighted by Crippen LogP contribution is 2.26. The van der Waals surface area contributed by atoms with Crippen LogP contribution in [0.5, 0.6) is 5.75 Å². The Balaban J connectivity index is 1.48. The van der Waals surface area contributed by atoms with E-state index in [2.05, 4.69) is 10.4 Å². The van der Waals surface area contributed by atoms with E-state index in [0.29, 0.717) is 26.1 Å². The number of urea groups is 1. The molecule has 2 heterocycles. The number of fused-ring (bicyclic) bond motifs is 1. The number of aromatic nitrogens is 2. The van der Waals surface area contributed by atoms with Crippen LogP contribution in [0.2, 0.25) is 5.02 Å². The van der Waals surface area contributed by atoms with Gasteiger partial charge in [-0.05, 0) is 24.3 Å². The third kappa shape index (κ3) is 4.05. The maximum absolute atomic E-state index is 14.1. The molecule has 3 aromatic rings. The highest BCUT2D eigenvalue weighted by atomic mass is 35.5. The molecule has 0 fully saturated rings. The summed E-state index contributed by atoms with van der Waals surface area (Å²) in [6, 6.07) is 13.6. The van der Waals surface area contributed by atoms with Gasteiger partial charge in [-0.2, -0.15) is 5.10 Å². The molecule has 0 saturated heterocycles. The van der Waals surface area contributed by atoms with Crippen molar-refractivity contribution in [2.24, 2.45) is 7.05 Å². The average molecular weight is 415 g/mol. The molecule has 2 amide bonds. The first-order valence-electron chi connectivity index (χ1n) is 9.24. The van der Waals surface area contributed by atoms with Crippen molar-refractivity contribution in [3.8, 4) is 5.75 Å². The second-order valence-corrected chi connectivity index (χ2v) is 7.21. The van der Waals surface area contributed by atoms with Gasteiger partial charge >= 0.3 is 6.03 Å². The molecule has 2 aromatic carbocycles. The van der Waals surface area contributed by atoms with Crippen LogP contribution in [-0.2, 0) is 26.6 Å². The summed E-state index contributed by atoms with van der Waals surface area (Å²) in [7, 11) is 1.89. The number of nitrogens with zero attached hydrogens (tertiary/aromatic N) is 3. The Morgan fingerprint density at radius 2 is 2.03 bits per heavy atom. The number of carbonyl (C=O) groups is 1. The minimum absolute atomic E-state index is 0.0312. The van der Waals surface area contributed by atoms with Crippen molar-refractivity contribution in [2.45, 2.75) is 19.6 Å². The van der Waals surface area contributed by atoms with Crippen LogP contribution in [-0.4, -0.2) is 27.3 Å². The molecule has 0 radical (unpaired) electrons. The van der Waals surface area contributed by atoms with E-state index >= 15 is 0 Å². The van der Waals surface area contributed by atoms with Crippen molar-refractivity contribution in [3.63, 3.8) is 0 Å². The first-order valence-corrected chi connectivity index (χ1v) is 9.62. The molecule has 0 spiro atoms. The van der Waals surface area contributed by atoms with E-state index in [0.717, 1.165) is 22.7 Å². The maximum Gasteiger partial charge on any atom is 0.322 e. The number of carbonyl (C=O) groups excluding carboxylic acids is 1. The van der Waals surface area contributed by atoms with Crippen molar-refractivity contribution in [1.82, 2.24) is 14.7 Å². The molecule has 1 N–H and O–H groups in total. The molecular weight excluding hydrogens is 395 g/mol. The first kappa shape index (κ1) is 19.3. The van der Waals surface area contributed by atoms with Crippen LogP contribution >= 0.6 is 11.6 Å². The predicted molar refractivity (Wildman–Crippen MR) is 109 cm³/mol. The maximum atomic E-state index is 14.1. The number of para-hydroxylation sites is 1. The Hall–Kier alpha value is -3.06. The smallest absolute Gasteiger partial charge is 0.322 e. The normalized spacial score (nSPS) is 13.1. The Morgan fingerprint density at radius 3 is 2.83 bits per heavy atom. The van der Waals surface area contributed by atoms with E-state index in [-0.39, 0.29) is 16.7 Å². The fourth-order valence-corrected chi connectivity index (χ4v) is 3.60. The van der Waals surface area contributed by atoms with Gasteiger partial charge in [0.2, 0.25) is 0 Å². The van der Waals surface area contributed by atoms with Gasteiger partial charge in [-0.25, -0.2) is 9.18 Å². The van der Waals surface area contributed by atoms with Crippen molar-refractivity contribution >= 4 is 23.3 Å². The quantitative estimate of drug-likeness (QED) is 0.689. The van der Waals surface area contributed by atoms with Crippen LogP contribution in [0.25, 0.3) is 0 Å². The lowest BCUT2D eigenvalue weighted by molar-refractivity contribution is 0.205. The summed E-state index contributed by atoms with van der Waals surface area (Å²) in [6.45, 7) is 1.20. The second-order valence-electron chi connectivity index (χ2n) is 6.80. The largest absolute Gasteiger partial charge is 0.487 e. The number of hydrogen-bond donors (Lipinski definition) is 1. The molecule has 1 aromatic heterocycles. The summed E-state index contributed by atoms with van der Waals surface area (Å²) in [5, 5.41) is 7.14. The SMILES string of the molecule is Cn1nc(COc2ccccc2)c2c1CCN(C(=O)Nc1cccc(Cl)c1F)C2. The minimum atomic E-state index is -0.640. The molecule has 8 heteroatoms. The summed E-state index contributed by atoms with van der Waals surface area (Å²) in [5.74, 6) is 0.118. The molecule has 4 rings (SSSR count). The van der Waals surface area contributed by atoms with E-state index < -0.39 is 5.82 Å². The van der Waals surface area contributed by atoms with Crippen molar-refractivity contribution in [3.05, 3.63) is 76.3 Å². The lowest BCUT2D eigenvalue weighted by Gasteiger charge is -2.28. The molecule has 0 aliphatic carbocycles. The highest BCUT2D eigenvalue weighted by Gasteiger charge is 2.27. The van der Waals surface area contributed by atoms with Gasteiger partial charge in [0, 0.05) is 31.3 Å². The van der Waals surface area contributed by atoms with Crippen LogP contribution in [0.3, 0.4) is 0 Å². The topological polar surface area (TPSA) is 59.4 Å². The second kappa shape index (κ2) is 8.13. The van der Waals surface area contributed by atoms with Gasteiger partial charge in [-0.1, -0.05) is 35.9 Å². The van der Waals surface area contributed by atoms with E-state index in [4.69, 9.17) is 16.3 Å². The summed E-state index contributed by atoms with van der Waals surface area (Å²) in [6.07, 6.45) is 0.662. The van der Waals surface area contributed by atoms with Crippen molar-refractivity contribution in [2.75, 3.05) is 11.9 Å². The zero-order chi connectivity index (χ0) is 20.4. The fourth-order valence-electron chi connectivity index (χ4n) is 3.42. The van der Waals surface area contributed by atoms with E-state index in [1.165, 1.54) is 12.1 Å². The van der Waals surface area contributed by atoms with Gasteiger partial charge in [-0.15, -0.1) is 0 Å². The Bertz CT molecular complexity index is 1040. The summed E-state index contributed by atoms with van der Waals surface area (Å²) >= 11 is 5.79. The number of anilines is 1. The summed E-state index contributed by atoms with van der Waals surface area (Å²) in [5.41, 5.74) is 2.90. The lowest BCUT2D eigenvalue weighted by Crippen LogP contribution is -2.39. The molecule has 150 valence electrons. The number of benzene rings is 2. The van der Waals surface area contributed by atoms with Gasteiger partial charge < -0.3 is 15.0 Å². The molecule has 6 nitrogen and oxygen atoms in total. The van der Waals surface area contributed by atoms with Gasteiger partial charge in [0.15, 0.2) is 5.82 Å². The third-order valence-electron chi connectivity index (χ3n) is 4.92. The molecule has 1 aliphatic heterocycles. The number of amides is 2. The number of hydrogen-bond acceptors (Lipinski definition) is 3.